The van der Waals surface area contributed by atoms with Crippen molar-refractivity contribution in [3.05, 3.63) is 125 Å². The molecule has 13 rings (SSSR count). The van der Waals surface area contributed by atoms with E-state index in [4.69, 9.17) is 37.3 Å². The maximum absolute atomic E-state index is 12.7. The maximum Gasteiger partial charge on any atom is 0.410 e. The normalized spacial score (nSPS) is 18.5. The first-order valence-electron chi connectivity index (χ1n) is 33.8. The Labute approximate surface area is 558 Å². The average molecular weight is 1320 g/mol. The van der Waals surface area contributed by atoms with Crippen LogP contribution in [-0.4, -0.2) is 134 Å². The molecule has 1 N–H and O–H groups in total. The molecule has 2 saturated carbocycles. The first-order valence-corrected chi connectivity index (χ1v) is 35.2. The second-order valence-corrected chi connectivity index (χ2v) is 29.4. The Balaban J connectivity index is 0.000000152. The fraction of sp³-hybridized carbons (Fsp3) is 0.493. The number of carbonyl (C=O) groups is 4. The van der Waals surface area contributed by atoms with E-state index in [-0.39, 0.29) is 41.3 Å². The van der Waals surface area contributed by atoms with Gasteiger partial charge in [0.25, 0.3) is 10.1 Å². The number of hydrogen-bond acceptors (Lipinski definition) is 15. The van der Waals surface area contributed by atoms with Gasteiger partial charge in [-0.25, -0.2) is 19.2 Å². The first-order chi connectivity index (χ1) is 45.4. The van der Waals surface area contributed by atoms with E-state index in [1.165, 1.54) is 116 Å². The van der Waals surface area contributed by atoms with Gasteiger partial charge >= 0.3 is 24.1 Å². The van der Waals surface area contributed by atoms with Gasteiger partial charge in [0.15, 0.2) is 0 Å². The number of hydrogen-bond donors (Lipinski definition) is 1. The number of methoxy groups -OCH3 is 2. The van der Waals surface area contributed by atoms with Gasteiger partial charge in [-0.15, -0.1) is 0 Å². The fourth-order valence-electron chi connectivity index (χ4n) is 14.3. The number of nitrogens with zero attached hydrogens (tertiary/aromatic N) is 4. The third-order valence-corrected chi connectivity index (χ3v) is 20.0. The topological polar surface area (TPSA) is 213 Å². The van der Waals surface area contributed by atoms with Gasteiger partial charge in [-0.3, -0.25) is 4.18 Å². The molecule has 5 aromatic carbocycles. The number of likely N-dealkylation sites (tertiary alicyclic amines) is 2. The minimum absolute atomic E-state index is 0.115. The molecule has 2 aromatic heterocycles. The fourth-order valence-corrected chi connectivity index (χ4v) is 15.4. The standard InChI is InChI=1S/C34H42N2O6.C24H25NO4.C17H25NO5S/c1-34(2,3)42-33(38)35-16-8-11-25(21-35)41-24-13-15-27-29(20-24)40-18-17-36-28-19-23(32(37)39-4)12-14-26(28)30(31(27)36)22-9-6-5-7-10-22;1-28-24(27)16-7-9-18-20(13-16)25-11-12-29-21-14-17(26)8-10-19(21)23(25)22(18)15-5-3-2-4-6-15;1-13-7-9-15(10-8-13)24(20,21)23-14-6-5-11-18(12-14)16(19)22-17(2,3)4/h12-15,19-20,22,25H,5-11,16-18,21H2,1-4H3;7-10,13-15,26H,2-6,11-12H2,1H3;7-10,14H,5-6,11-12H2,1-4H3. The Morgan fingerprint density at radius 2 is 0.989 bits per heavy atom. The molecule has 0 bridgehead atoms. The molecule has 20 heteroatoms. The predicted molar refractivity (Wildman–Crippen MR) is 363 cm³/mol. The first kappa shape index (κ1) is 68.2. The molecule has 2 amide bonds. The molecule has 6 aliphatic rings. The third kappa shape index (κ3) is 15.9. The van der Waals surface area contributed by atoms with Crippen molar-refractivity contribution < 1.29 is 70.0 Å². The zero-order valence-electron chi connectivity index (χ0n) is 56.5. The van der Waals surface area contributed by atoms with Crippen LogP contribution < -0.4 is 14.2 Å². The van der Waals surface area contributed by atoms with Crippen LogP contribution >= 0.6 is 0 Å². The summed E-state index contributed by atoms with van der Waals surface area (Å²) in [6, 6.07) is 29.9. The van der Waals surface area contributed by atoms with E-state index in [2.05, 4.69) is 27.3 Å². The van der Waals surface area contributed by atoms with Crippen LogP contribution in [0.5, 0.6) is 23.0 Å². The van der Waals surface area contributed by atoms with E-state index in [1.54, 1.807) is 49.9 Å². The number of aromatic hydroxyl groups is 1. The number of piperidine rings is 2. The number of fused-ring (bicyclic) bond motifs is 10. The lowest BCUT2D eigenvalue weighted by molar-refractivity contribution is 0.00739. The van der Waals surface area contributed by atoms with Gasteiger partial charge < -0.3 is 57.2 Å². The van der Waals surface area contributed by atoms with Crippen LogP contribution in [0.3, 0.4) is 0 Å². The number of ether oxygens (including phenoxy) is 7. The lowest BCUT2D eigenvalue weighted by atomic mass is 9.81. The van der Waals surface area contributed by atoms with E-state index < -0.39 is 33.5 Å². The molecule has 19 nitrogen and oxygen atoms in total. The minimum atomic E-state index is -3.84. The number of rotatable bonds is 9. The molecule has 4 fully saturated rings. The van der Waals surface area contributed by atoms with E-state index in [9.17, 15) is 32.7 Å². The zero-order valence-corrected chi connectivity index (χ0v) is 57.3. The van der Waals surface area contributed by atoms with Gasteiger partial charge in [-0.05, 0) is 183 Å². The predicted octanol–water partition coefficient (Wildman–Crippen LogP) is 15.7. The van der Waals surface area contributed by atoms with E-state index in [0.717, 1.165) is 70.7 Å². The van der Waals surface area contributed by atoms with Gasteiger partial charge in [0.2, 0.25) is 0 Å². The quantitative estimate of drug-likeness (QED) is 0.0809. The summed E-state index contributed by atoms with van der Waals surface area (Å²) in [6.07, 6.45) is 13.8. The Bertz CT molecular complexity index is 4050. The highest BCUT2D eigenvalue weighted by Crippen LogP contribution is 2.50. The summed E-state index contributed by atoms with van der Waals surface area (Å²) in [5.41, 5.74) is 10.2. The van der Waals surface area contributed by atoms with Crippen molar-refractivity contribution in [2.45, 2.75) is 192 Å². The highest BCUT2D eigenvalue weighted by molar-refractivity contribution is 7.86. The van der Waals surface area contributed by atoms with E-state index in [0.29, 0.717) is 81.7 Å². The molecular formula is C75H92N4O15S. The van der Waals surface area contributed by atoms with Crippen LogP contribution in [0.15, 0.2) is 102 Å². The number of phenols is 1. The van der Waals surface area contributed by atoms with Gasteiger partial charge in [-0.2, -0.15) is 8.42 Å². The molecule has 95 heavy (non-hydrogen) atoms. The Morgan fingerprint density at radius 3 is 1.47 bits per heavy atom. The maximum atomic E-state index is 12.7. The molecule has 7 aromatic rings. The van der Waals surface area contributed by atoms with Crippen LogP contribution in [0, 0.1) is 6.92 Å². The number of esters is 2. The van der Waals surface area contributed by atoms with Crippen molar-refractivity contribution in [2.75, 3.05) is 53.6 Å². The molecule has 2 saturated heterocycles. The van der Waals surface area contributed by atoms with Crippen molar-refractivity contribution in [2.24, 2.45) is 0 Å². The minimum Gasteiger partial charge on any atom is -0.508 e. The average Bonchev–Trinajstić information content (AvgIpc) is 1.59. The van der Waals surface area contributed by atoms with Crippen LogP contribution in [0.2, 0.25) is 0 Å². The summed E-state index contributed by atoms with van der Waals surface area (Å²) in [4.78, 5) is 52.8. The second-order valence-electron chi connectivity index (χ2n) is 27.8. The summed E-state index contributed by atoms with van der Waals surface area (Å²) >= 11 is 0. The molecule has 2 aliphatic carbocycles. The van der Waals surface area contributed by atoms with Crippen molar-refractivity contribution in [3.63, 3.8) is 0 Å². The molecule has 2 unspecified atom stereocenters. The van der Waals surface area contributed by atoms with E-state index >= 15 is 0 Å². The molecular weight excluding hydrogens is 1230 g/mol. The highest BCUT2D eigenvalue weighted by Gasteiger charge is 2.35. The van der Waals surface area contributed by atoms with Gasteiger partial charge in [-0.1, -0.05) is 68.4 Å². The van der Waals surface area contributed by atoms with E-state index in [1.807, 2.05) is 70.2 Å². The van der Waals surface area contributed by atoms with Crippen molar-refractivity contribution >= 4 is 56.0 Å². The van der Waals surface area contributed by atoms with Crippen molar-refractivity contribution in [1.82, 2.24) is 18.9 Å². The SMILES string of the molecule is COC(=O)c1ccc2c(C3CCCCC3)c3n(c2c1)CCOc1cc(O)ccc1-3.COC(=O)c1ccc2c(C3CCCCC3)c3n(c2c1)CCOc1cc(OC2CCCN(C(=O)OC(C)(C)C)C2)ccc1-3.Cc1ccc(S(=O)(=O)OC2CCCN(C(=O)OC(C)(C)C)C2)cc1. The van der Waals surface area contributed by atoms with Gasteiger partial charge in [0, 0.05) is 58.2 Å². The Morgan fingerprint density at radius 1 is 0.526 bits per heavy atom. The number of carbonyl (C=O) groups excluding carboxylic acids is 4. The third-order valence-electron chi connectivity index (χ3n) is 18.6. The molecule has 0 spiro atoms. The summed E-state index contributed by atoms with van der Waals surface area (Å²) in [5, 5.41) is 12.4. The summed E-state index contributed by atoms with van der Waals surface area (Å²) < 4.78 is 74.4. The number of phenolic OH excluding ortho intramolecular Hbond substituents is 1. The van der Waals surface area contributed by atoms with Crippen LogP contribution in [0.4, 0.5) is 9.59 Å². The highest BCUT2D eigenvalue weighted by atomic mass is 32.2. The lowest BCUT2D eigenvalue weighted by Crippen LogP contribution is -2.46. The van der Waals surface area contributed by atoms with Crippen molar-refractivity contribution in [3.8, 4) is 45.5 Å². The number of aryl methyl sites for hydroxylation is 1. The summed E-state index contributed by atoms with van der Waals surface area (Å²) in [6.45, 7) is 17.2. The molecule has 6 heterocycles. The van der Waals surface area contributed by atoms with Crippen LogP contribution in [0.25, 0.3) is 44.3 Å². The Kier molecular flexibility index (Phi) is 20.8. The largest absolute Gasteiger partial charge is 0.508 e. The molecule has 0 radical (unpaired) electrons. The molecule has 508 valence electrons. The summed E-state index contributed by atoms with van der Waals surface area (Å²) in [5.74, 6) is 2.78. The zero-order chi connectivity index (χ0) is 67.3. The monoisotopic (exact) mass is 1320 g/mol. The smallest absolute Gasteiger partial charge is 0.410 e. The van der Waals surface area contributed by atoms with Gasteiger partial charge in [0.1, 0.15) is 53.5 Å². The summed E-state index contributed by atoms with van der Waals surface area (Å²) in [7, 11) is -1.01. The van der Waals surface area contributed by atoms with Crippen molar-refractivity contribution in [1.29, 1.82) is 0 Å². The molecule has 2 atom stereocenters. The number of amides is 2. The lowest BCUT2D eigenvalue weighted by Gasteiger charge is -2.34. The number of benzene rings is 5. The van der Waals surface area contributed by atoms with Crippen LogP contribution in [-0.2, 0) is 46.3 Å². The molecule has 4 aliphatic heterocycles. The Hall–Kier alpha value is -8.23. The van der Waals surface area contributed by atoms with Crippen LogP contribution in [0.1, 0.15) is 181 Å². The second kappa shape index (κ2) is 29.0. The number of aromatic nitrogens is 2. The van der Waals surface area contributed by atoms with Gasteiger partial charge in [0.05, 0.1) is 73.9 Å².